The third kappa shape index (κ3) is 5.57. The molecule has 0 bridgehead atoms. The Morgan fingerprint density at radius 2 is 1.72 bits per heavy atom. The van der Waals surface area contributed by atoms with Gasteiger partial charge in [0.2, 0.25) is 5.91 Å². The predicted molar refractivity (Wildman–Crippen MR) is 109 cm³/mol. The molecule has 0 aromatic heterocycles. The summed E-state index contributed by atoms with van der Waals surface area (Å²) in [6.07, 6.45) is 1.91. The molecule has 0 saturated carbocycles. The van der Waals surface area contributed by atoms with E-state index in [-0.39, 0.29) is 12.3 Å². The van der Waals surface area contributed by atoms with E-state index in [0.717, 1.165) is 11.1 Å². The maximum atomic E-state index is 13.2. The summed E-state index contributed by atoms with van der Waals surface area (Å²) in [7, 11) is 0. The molecule has 3 rings (SSSR count). The summed E-state index contributed by atoms with van der Waals surface area (Å²) in [6.45, 7) is 1.96. The third-order valence-electron chi connectivity index (χ3n) is 5.29. The first-order valence-corrected chi connectivity index (χ1v) is 9.95. The SMILES string of the molecule is O=C(O)CCCOc1ccc(CNC(=O)C2(c3ccccc3)CCOCC2)cc1. The summed E-state index contributed by atoms with van der Waals surface area (Å²) in [5.41, 5.74) is 1.46. The number of carboxylic acids is 1. The maximum absolute atomic E-state index is 13.2. The highest BCUT2D eigenvalue weighted by Gasteiger charge is 2.41. The lowest BCUT2D eigenvalue weighted by Crippen LogP contribution is -2.47. The second kappa shape index (κ2) is 10.1. The largest absolute Gasteiger partial charge is 0.494 e. The van der Waals surface area contributed by atoms with Crippen molar-refractivity contribution in [3.8, 4) is 5.75 Å². The molecular weight excluding hydrogens is 370 g/mol. The van der Waals surface area contributed by atoms with Crippen LogP contribution in [0.1, 0.15) is 36.8 Å². The third-order valence-corrected chi connectivity index (χ3v) is 5.29. The Kier molecular flexibility index (Phi) is 7.25. The number of hydrogen-bond acceptors (Lipinski definition) is 4. The van der Waals surface area contributed by atoms with E-state index in [1.165, 1.54) is 0 Å². The van der Waals surface area contributed by atoms with Crippen molar-refractivity contribution in [3.63, 3.8) is 0 Å². The van der Waals surface area contributed by atoms with Gasteiger partial charge in [-0.05, 0) is 42.5 Å². The average molecular weight is 397 g/mol. The summed E-state index contributed by atoms with van der Waals surface area (Å²) < 4.78 is 11.0. The van der Waals surface area contributed by atoms with Gasteiger partial charge >= 0.3 is 5.97 Å². The summed E-state index contributed by atoms with van der Waals surface area (Å²) in [6, 6.07) is 17.4. The Balaban J connectivity index is 1.57. The zero-order chi connectivity index (χ0) is 20.5. The highest BCUT2D eigenvalue weighted by Crippen LogP contribution is 2.35. The number of carbonyl (C=O) groups is 2. The maximum Gasteiger partial charge on any atom is 0.303 e. The molecule has 1 saturated heterocycles. The average Bonchev–Trinajstić information content (AvgIpc) is 2.77. The number of rotatable bonds is 9. The topological polar surface area (TPSA) is 84.9 Å². The summed E-state index contributed by atoms with van der Waals surface area (Å²) in [5.74, 6) is -0.103. The summed E-state index contributed by atoms with van der Waals surface area (Å²) >= 11 is 0. The molecule has 1 fully saturated rings. The van der Waals surface area contributed by atoms with Crippen LogP contribution in [0.3, 0.4) is 0 Å². The van der Waals surface area contributed by atoms with E-state index >= 15 is 0 Å². The molecule has 154 valence electrons. The van der Waals surface area contributed by atoms with E-state index in [1.807, 2.05) is 54.6 Å². The molecule has 0 radical (unpaired) electrons. The molecular formula is C23H27NO5. The van der Waals surface area contributed by atoms with Gasteiger partial charge in [0.05, 0.1) is 12.0 Å². The van der Waals surface area contributed by atoms with Gasteiger partial charge in [0.15, 0.2) is 0 Å². The zero-order valence-electron chi connectivity index (χ0n) is 16.4. The first-order chi connectivity index (χ1) is 14.1. The number of carbonyl (C=O) groups excluding carboxylic acids is 1. The highest BCUT2D eigenvalue weighted by atomic mass is 16.5. The number of carboxylic acid groups (broad SMARTS) is 1. The predicted octanol–water partition coefficient (Wildman–Crippen LogP) is 3.29. The van der Waals surface area contributed by atoms with Crippen LogP contribution in [0.2, 0.25) is 0 Å². The van der Waals surface area contributed by atoms with Crippen LogP contribution in [0.15, 0.2) is 54.6 Å². The number of nitrogens with one attached hydrogen (secondary N) is 1. The minimum absolute atomic E-state index is 0.0287. The van der Waals surface area contributed by atoms with Crippen molar-refractivity contribution in [2.75, 3.05) is 19.8 Å². The minimum atomic E-state index is -0.822. The van der Waals surface area contributed by atoms with Crippen molar-refractivity contribution in [1.29, 1.82) is 0 Å². The summed E-state index contributed by atoms with van der Waals surface area (Å²) in [5, 5.41) is 11.7. The van der Waals surface area contributed by atoms with Crippen molar-refractivity contribution in [1.82, 2.24) is 5.32 Å². The van der Waals surface area contributed by atoms with Crippen LogP contribution >= 0.6 is 0 Å². The fourth-order valence-electron chi connectivity index (χ4n) is 3.59. The standard InChI is InChI=1S/C23H27NO5/c25-21(26)7-4-14-29-20-10-8-18(9-11-20)17-24-22(27)23(12-15-28-16-13-23)19-5-2-1-3-6-19/h1-3,5-6,8-11H,4,7,12-17H2,(H,24,27)(H,25,26). The minimum Gasteiger partial charge on any atom is -0.494 e. The van der Waals surface area contributed by atoms with Crippen molar-refractivity contribution in [3.05, 3.63) is 65.7 Å². The highest BCUT2D eigenvalue weighted by molar-refractivity contribution is 5.88. The Hall–Kier alpha value is -2.86. The molecule has 2 aromatic carbocycles. The normalized spacial score (nSPS) is 15.4. The lowest BCUT2D eigenvalue weighted by Gasteiger charge is -2.36. The first-order valence-electron chi connectivity index (χ1n) is 9.95. The molecule has 0 atom stereocenters. The zero-order valence-corrected chi connectivity index (χ0v) is 16.4. The Morgan fingerprint density at radius 3 is 2.38 bits per heavy atom. The van der Waals surface area contributed by atoms with Crippen molar-refractivity contribution in [2.45, 2.75) is 37.6 Å². The molecule has 0 aliphatic carbocycles. The van der Waals surface area contributed by atoms with Gasteiger partial charge in [-0.15, -0.1) is 0 Å². The van der Waals surface area contributed by atoms with Gasteiger partial charge in [0.1, 0.15) is 5.75 Å². The van der Waals surface area contributed by atoms with Gasteiger partial charge in [-0.1, -0.05) is 42.5 Å². The monoisotopic (exact) mass is 397 g/mol. The smallest absolute Gasteiger partial charge is 0.303 e. The number of ether oxygens (including phenoxy) is 2. The van der Waals surface area contributed by atoms with Gasteiger partial charge in [-0.25, -0.2) is 0 Å². The van der Waals surface area contributed by atoms with Gasteiger partial charge in [-0.2, -0.15) is 0 Å². The number of benzene rings is 2. The van der Waals surface area contributed by atoms with Crippen LogP contribution in [0.25, 0.3) is 0 Å². The quantitative estimate of drug-likeness (QED) is 0.634. The van der Waals surface area contributed by atoms with Gasteiger partial charge < -0.3 is 19.9 Å². The molecule has 2 N–H and O–H groups in total. The van der Waals surface area contributed by atoms with Crippen LogP contribution in [0, 0.1) is 0 Å². The molecule has 1 aliphatic heterocycles. The second-order valence-corrected chi connectivity index (χ2v) is 7.23. The van der Waals surface area contributed by atoms with Crippen LogP contribution in [-0.2, 0) is 26.3 Å². The first kappa shape index (κ1) is 20.9. The van der Waals surface area contributed by atoms with E-state index < -0.39 is 11.4 Å². The Morgan fingerprint density at radius 1 is 1.03 bits per heavy atom. The van der Waals surface area contributed by atoms with Crippen molar-refractivity contribution >= 4 is 11.9 Å². The van der Waals surface area contributed by atoms with E-state index in [4.69, 9.17) is 14.6 Å². The molecule has 29 heavy (non-hydrogen) atoms. The van der Waals surface area contributed by atoms with Crippen molar-refractivity contribution in [2.24, 2.45) is 0 Å². The van der Waals surface area contributed by atoms with Crippen LogP contribution in [0.4, 0.5) is 0 Å². The van der Waals surface area contributed by atoms with E-state index in [2.05, 4.69) is 5.32 Å². The van der Waals surface area contributed by atoms with Crippen LogP contribution in [0.5, 0.6) is 5.75 Å². The van der Waals surface area contributed by atoms with Gasteiger partial charge in [0.25, 0.3) is 0 Å². The molecule has 6 heteroatoms. The second-order valence-electron chi connectivity index (χ2n) is 7.23. The Bertz CT molecular complexity index is 798. The number of amides is 1. The Labute approximate surface area is 170 Å². The lowest BCUT2D eigenvalue weighted by atomic mass is 9.73. The van der Waals surface area contributed by atoms with E-state index in [9.17, 15) is 9.59 Å². The summed E-state index contributed by atoms with van der Waals surface area (Å²) in [4.78, 5) is 23.7. The molecule has 0 unspecified atom stereocenters. The molecule has 0 spiro atoms. The molecule has 1 aliphatic rings. The molecule has 1 heterocycles. The number of aliphatic carboxylic acids is 1. The fraction of sp³-hybridized carbons (Fsp3) is 0.391. The van der Waals surface area contributed by atoms with Crippen LogP contribution in [-0.4, -0.2) is 36.8 Å². The van der Waals surface area contributed by atoms with E-state index in [1.54, 1.807) is 0 Å². The fourth-order valence-corrected chi connectivity index (χ4v) is 3.59. The number of hydrogen-bond donors (Lipinski definition) is 2. The van der Waals surface area contributed by atoms with Crippen LogP contribution < -0.4 is 10.1 Å². The van der Waals surface area contributed by atoms with E-state index in [0.29, 0.717) is 51.4 Å². The van der Waals surface area contributed by atoms with Gasteiger partial charge in [0, 0.05) is 26.2 Å². The molecule has 2 aromatic rings. The van der Waals surface area contributed by atoms with Gasteiger partial charge in [-0.3, -0.25) is 9.59 Å². The lowest BCUT2D eigenvalue weighted by molar-refractivity contribution is -0.137. The molecule has 1 amide bonds. The van der Waals surface area contributed by atoms with Crippen molar-refractivity contribution < 1.29 is 24.2 Å². The molecule has 6 nitrogen and oxygen atoms in total.